The Balaban J connectivity index is 2.96. The summed E-state index contributed by atoms with van der Waals surface area (Å²) in [5.74, 6) is 0.0329. The number of carbonyl (C=O) groups is 1. The first-order valence-electron chi connectivity index (χ1n) is 6.12. The fourth-order valence-electron chi connectivity index (χ4n) is 1.84. The molecule has 0 saturated heterocycles. The van der Waals surface area contributed by atoms with Gasteiger partial charge in [-0.25, -0.2) is 0 Å². The molecular weight excluding hydrogens is 228 g/mol. The van der Waals surface area contributed by atoms with Crippen LogP contribution in [0.3, 0.4) is 0 Å². The number of carbonyl (C=O) groups excluding carboxylic acids is 1. The predicted octanol–water partition coefficient (Wildman–Crippen LogP) is 2.18. The van der Waals surface area contributed by atoms with Crippen molar-refractivity contribution in [2.45, 2.75) is 26.8 Å². The minimum atomic E-state index is -0.399. The molecule has 0 bridgehead atoms. The molecule has 4 heteroatoms. The van der Waals surface area contributed by atoms with Gasteiger partial charge in [-0.3, -0.25) is 4.79 Å². The smallest absolute Gasteiger partial charge is 0.249 e. The van der Waals surface area contributed by atoms with Crippen molar-refractivity contribution >= 4 is 11.6 Å². The Labute approximate surface area is 109 Å². The molecule has 0 saturated carbocycles. The van der Waals surface area contributed by atoms with Gasteiger partial charge in [0.1, 0.15) is 0 Å². The summed E-state index contributed by atoms with van der Waals surface area (Å²) in [7, 11) is 1.68. The van der Waals surface area contributed by atoms with Crippen LogP contribution in [0.1, 0.15) is 29.8 Å². The number of ether oxygens (including phenoxy) is 1. The van der Waals surface area contributed by atoms with Crippen molar-refractivity contribution in [1.29, 1.82) is 0 Å². The second-order valence-corrected chi connectivity index (χ2v) is 4.79. The highest BCUT2D eigenvalue weighted by Crippen LogP contribution is 2.21. The number of hydrogen-bond donors (Lipinski definition) is 2. The lowest BCUT2D eigenvalue weighted by molar-refractivity contribution is 0.1000. The standard InChI is InChI=1S/C14H22N2O2/c1-9(2)13(8-18-4)16-12-7-5-6-11(10(12)3)14(15)17/h5-7,9,13,16H,8H2,1-4H3,(H2,15,17). The normalized spacial score (nSPS) is 12.5. The highest BCUT2D eigenvalue weighted by molar-refractivity contribution is 5.95. The summed E-state index contributed by atoms with van der Waals surface area (Å²) < 4.78 is 5.20. The molecule has 1 unspecified atom stereocenters. The first kappa shape index (κ1) is 14.5. The molecule has 0 aliphatic carbocycles. The number of nitrogens with two attached hydrogens (primary N) is 1. The summed E-state index contributed by atoms with van der Waals surface area (Å²) in [6, 6.07) is 5.73. The van der Waals surface area contributed by atoms with Gasteiger partial charge in [-0.1, -0.05) is 19.9 Å². The van der Waals surface area contributed by atoms with Crippen LogP contribution in [0.4, 0.5) is 5.69 Å². The predicted molar refractivity (Wildman–Crippen MR) is 73.8 cm³/mol. The largest absolute Gasteiger partial charge is 0.383 e. The number of primary amides is 1. The van der Waals surface area contributed by atoms with Crippen molar-refractivity contribution in [3.05, 3.63) is 29.3 Å². The van der Waals surface area contributed by atoms with Gasteiger partial charge in [-0.15, -0.1) is 0 Å². The van der Waals surface area contributed by atoms with Crippen molar-refractivity contribution in [1.82, 2.24) is 0 Å². The van der Waals surface area contributed by atoms with E-state index in [0.29, 0.717) is 18.1 Å². The molecule has 0 radical (unpaired) electrons. The van der Waals surface area contributed by atoms with Gasteiger partial charge < -0.3 is 15.8 Å². The van der Waals surface area contributed by atoms with Crippen molar-refractivity contribution in [2.24, 2.45) is 11.7 Å². The lowest BCUT2D eigenvalue weighted by Gasteiger charge is -2.24. The van der Waals surface area contributed by atoms with E-state index in [9.17, 15) is 4.79 Å². The van der Waals surface area contributed by atoms with E-state index in [1.165, 1.54) is 0 Å². The van der Waals surface area contributed by atoms with Crippen LogP contribution in [0.5, 0.6) is 0 Å². The number of anilines is 1. The van der Waals surface area contributed by atoms with Crippen LogP contribution in [-0.2, 0) is 4.74 Å². The number of nitrogens with one attached hydrogen (secondary N) is 1. The summed E-state index contributed by atoms with van der Waals surface area (Å²) in [6.45, 7) is 6.78. The fourth-order valence-corrected chi connectivity index (χ4v) is 1.84. The summed E-state index contributed by atoms with van der Waals surface area (Å²) in [4.78, 5) is 11.3. The van der Waals surface area contributed by atoms with Gasteiger partial charge in [-0.2, -0.15) is 0 Å². The highest BCUT2D eigenvalue weighted by atomic mass is 16.5. The zero-order valence-corrected chi connectivity index (χ0v) is 11.5. The number of amides is 1. The van der Waals surface area contributed by atoms with Crippen molar-refractivity contribution < 1.29 is 9.53 Å². The topological polar surface area (TPSA) is 64.3 Å². The van der Waals surface area contributed by atoms with Crippen molar-refractivity contribution in [3.8, 4) is 0 Å². The van der Waals surface area contributed by atoms with E-state index in [0.717, 1.165) is 11.3 Å². The molecule has 1 aromatic rings. The SMILES string of the molecule is COCC(Nc1cccc(C(N)=O)c1C)C(C)C. The van der Waals surface area contributed by atoms with Crippen molar-refractivity contribution in [3.63, 3.8) is 0 Å². The summed E-state index contributed by atoms with van der Waals surface area (Å²) in [6.07, 6.45) is 0. The third kappa shape index (κ3) is 3.47. The Morgan fingerprint density at radius 2 is 2.11 bits per heavy atom. The maximum Gasteiger partial charge on any atom is 0.249 e. The van der Waals surface area contributed by atoms with Gasteiger partial charge in [0, 0.05) is 18.4 Å². The van der Waals surface area contributed by atoms with E-state index < -0.39 is 5.91 Å². The number of hydrogen-bond acceptors (Lipinski definition) is 3. The zero-order chi connectivity index (χ0) is 13.7. The molecule has 0 aliphatic heterocycles. The van der Waals surface area contributed by atoms with Gasteiger partial charge in [0.15, 0.2) is 0 Å². The van der Waals surface area contributed by atoms with Crippen LogP contribution < -0.4 is 11.1 Å². The molecule has 18 heavy (non-hydrogen) atoms. The molecule has 100 valence electrons. The molecule has 0 fully saturated rings. The van der Waals surface area contributed by atoms with E-state index in [1.807, 2.05) is 19.1 Å². The molecule has 1 rings (SSSR count). The second-order valence-electron chi connectivity index (χ2n) is 4.79. The Morgan fingerprint density at radius 3 is 2.61 bits per heavy atom. The first-order valence-corrected chi connectivity index (χ1v) is 6.12. The summed E-state index contributed by atoms with van der Waals surface area (Å²) in [5.41, 5.74) is 7.71. The second kappa shape index (κ2) is 6.40. The highest BCUT2D eigenvalue weighted by Gasteiger charge is 2.15. The minimum absolute atomic E-state index is 0.205. The number of rotatable bonds is 6. The molecule has 0 aliphatic rings. The van der Waals surface area contributed by atoms with Gasteiger partial charge in [0.2, 0.25) is 5.91 Å². The average Bonchev–Trinajstić information content (AvgIpc) is 2.30. The zero-order valence-electron chi connectivity index (χ0n) is 11.5. The number of benzene rings is 1. The Bertz CT molecular complexity index is 416. The van der Waals surface area contributed by atoms with Crippen molar-refractivity contribution in [2.75, 3.05) is 19.0 Å². The van der Waals surface area contributed by atoms with E-state index in [2.05, 4.69) is 19.2 Å². The van der Waals surface area contributed by atoms with Gasteiger partial charge in [-0.05, 0) is 30.5 Å². The van der Waals surface area contributed by atoms with Crippen LogP contribution in [0.15, 0.2) is 18.2 Å². The first-order chi connectivity index (χ1) is 8.47. The van der Waals surface area contributed by atoms with Crippen LogP contribution in [-0.4, -0.2) is 25.7 Å². The van der Waals surface area contributed by atoms with Crippen LogP contribution in [0.2, 0.25) is 0 Å². The molecule has 4 nitrogen and oxygen atoms in total. The van der Waals surface area contributed by atoms with E-state index >= 15 is 0 Å². The third-order valence-electron chi connectivity index (χ3n) is 3.09. The van der Waals surface area contributed by atoms with E-state index in [1.54, 1.807) is 13.2 Å². The molecule has 0 spiro atoms. The average molecular weight is 250 g/mol. The molecule has 1 aromatic carbocycles. The van der Waals surface area contributed by atoms with Crippen LogP contribution in [0, 0.1) is 12.8 Å². The monoisotopic (exact) mass is 250 g/mol. The molecular formula is C14H22N2O2. The Morgan fingerprint density at radius 1 is 1.44 bits per heavy atom. The summed E-state index contributed by atoms with van der Waals surface area (Å²) >= 11 is 0. The van der Waals surface area contributed by atoms with Gasteiger partial charge >= 0.3 is 0 Å². The van der Waals surface area contributed by atoms with Crippen LogP contribution in [0.25, 0.3) is 0 Å². The fraction of sp³-hybridized carbons (Fsp3) is 0.500. The Hall–Kier alpha value is -1.55. The lowest BCUT2D eigenvalue weighted by atomic mass is 10.0. The maximum atomic E-state index is 11.3. The Kier molecular flexibility index (Phi) is 5.16. The molecule has 0 heterocycles. The minimum Gasteiger partial charge on any atom is -0.383 e. The molecule has 1 amide bonds. The van der Waals surface area contributed by atoms with E-state index in [-0.39, 0.29) is 6.04 Å². The van der Waals surface area contributed by atoms with E-state index in [4.69, 9.17) is 10.5 Å². The van der Waals surface area contributed by atoms with Gasteiger partial charge in [0.25, 0.3) is 0 Å². The molecule has 3 N–H and O–H groups in total. The molecule has 0 aromatic heterocycles. The summed E-state index contributed by atoms with van der Waals surface area (Å²) in [5, 5.41) is 3.41. The lowest BCUT2D eigenvalue weighted by Crippen LogP contribution is -2.31. The van der Waals surface area contributed by atoms with Crippen LogP contribution >= 0.6 is 0 Å². The third-order valence-corrected chi connectivity index (χ3v) is 3.09. The van der Waals surface area contributed by atoms with Gasteiger partial charge in [0.05, 0.1) is 12.6 Å². The maximum absolute atomic E-state index is 11.3. The number of methoxy groups -OCH3 is 1. The molecule has 1 atom stereocenters. The quantitative estimate of drug-likeness (QED) is 0.813.